The maximum absolute atomic E-state index is 12.4. The van der Waals surface area contributed by atoms with Gasteiger partial charge in [0.2, 0.25) is 0 Å². The summed E-state index contributed by atoms with van der Waals surface area (Å²) in [5, 5.41) is -0.540. The Labute approximate surface area is 107 Å². The minimum Gasteiger partial charge on any atom is -0.463 e. The zero-order valence-corrected chi connectivity index (χ0v) is 11.0. The Bertz CT molecular complexity index is 521. The summed E-state index contributed by atoms with van der Waals surface area (Å²) in [6.07, 6.45) is 0.522. The summed E-state index contributed by atoms with van der Waals surface area (Å²) in [6, 6.07) is 8.37. The van der Waals surface area contributed by atoms with Crippen molar-refractivity contribution >= 4 is 15.8 Å². The van der Waals surface area contributed by atoms with E-state index in [0.29, 0.717) is 17.7 Å². The van der Waals surface area contributed by atoms with Gasteiger partial charge in [0, 0.05) is 12.8 Å². The van der Waals surface area contributed by atoms with Crippen molar-refractivity contribution in [2.45, 2.75) is 42.4 Å². The van der Waals surface area contributed by atoms with Crippen molar-refractivity contribution in [3.8, 4) is 0 Å². The van der Waals surface area contributed by atoms with Crippen molar-refractivity contribution in [2.24, 2.45) is 0 Å². The number of esters is 1. The molecular formula is C13H16O4S. The molecule has 1 saturated heterocycles. The average molecular weight is 268 g/mol. The third-order valence-electron chi connectivity index (χ3n) is 3.11. The van der Waals surface area contributed by atoms with E-state index in [1.165, 1.54) is 0 Å². The lowest BCUT2D eigenvalue weighted by Crippen LogP contribution is -2.24. The smallest absolute Gasteiger partial charge is 0.306 e. The maximum Gasteiger partial charge on any atom is 0.306 e. The second-order valence-corrected chi connectivity index (χ2v) is 6.78. The van der Waals surface area contributed by atoms with E-state index in [0.717, 1.165) is 0 Å². The molecule has 1 aliphatic rings. The summed E-state index contributed by atoms with van der Waals surface area (Å²) >= 11 is 0. The Kier molecular flexibility index (Phi) is 3.71. The highest BCUT2D eigenvalue weighted by atomic mass is 32.2. The van der Waals surface area contributed by atoms with Crippen molar-refractivity contribution in [3.63, 3.8) is 0 Å². The van der Waals surface area contributed by atoms with Crippen LogP contribution in [0.5, 0.6) is 0 Å². The Balaban J connectivity index is 2.27. The molecule has 1 aromatic carbocycles. The van der Waals surface area contributed by atoms with E-state index in [2.05, 4.69) is 0 Å². The highest BCUT2D eigenvalue weighted by molar-refractivity contribution is 7.92. The molecule has 0 bridgehead atoms. The molecule has 4 nitrogen and oxygen atoms in total. The minimum absolute atomic E-state index is 0.168. The van der Waals surface area contributed by atoms with Gasteiger partial charge in [-0.3, -0.25) is 4.79 Å². The SMILES string of the molecule is CC1CC(S(=O)(=O)c2ccccc2)CCC(=O)O1. The Hall–Kier alpha value is -1.36. The molecule has 1 heterocycles. The summed E-state index contributed by atoms with van der Waals surface area (Å²) < 4.78 is 29.9. The van der Waals surface area contributed by atoms with E-state index in [9.17, 15) is 13.2 Å². The van der Waals surface area contributed by atoms with Gasteiger partial charge in [-0.1, -0.05) is 18.2 Å². The molecule has 0 amide bonds. The highest BCUT2D eigenvalue weighted by Crippen LogP contribution is 2.26. The molecule has 0 aromatic heterocycles. The fraction of sp³-hybridized carbons (Fsp3) is 0.462. The second-order valence-electron chi connectivity index (χ2n) is 4.55. The fourth-order valence-electron chi connectivity index (χ4n) is 2.18. The predicted octanol–water partition coefficient (Wildman–Crippen LogP) is 1.94. The van der Waals surface area contributed by atoms with Crippen LogP contribution >= 0.6 is 0 Å². The molecule has 1 aliphatic heterocycles. The van der Waals surface area contributed by atoms with Crippen LogP contribution in [0.25, 0.3) is 0 Å². The molecule has 0 radical (unpaired) electrons. The van der Waals surface area contributed by atoms with Crippen LogP contribution in [-0.4, -0.2) is 25.7 Å². The third-order valence-corrected chi connectivity index (χ3v) is 5.34. The van der Waals surface area contributed by atoms with Crippen molar-refractivity contribution in [1.29, 1.82) is 0 Å². The number of benzene rings is 1. The predicted molar refractivity (Wildman–Crippen MR) is 66.8 cm³/mol. The van der Waals surface area contributed by atoms with Gasteiger partial charge in [-0.05, 0) is 25.5 Å². The number of carbonyl (C=O) groups is 1. The van der Waals surface area contributed by atoms with Gasteiger partial charge in [-0.15, -0.1) is 0 Å². The second kappa shape index (κ2) is 5.10. The lowest BCUT2D eigenvalue weighted by molar-refractivity contribution is -0.147. The van der Waals surface area contributed by atoms with Crippen LogP contribution in [0.4, 0.5) is 0 Å². The summed E-state index contributed by atoms with van der Waals surface area (Å²) in [5.41, 5.74) is 0. The van der Waals surface area contributed by atoms with Gasteiger partial charge in [-0.2, -0.15) is 0 Å². The van der Waals surface area contributed by atoms with Gasteiger partial charge in [0.05, 0.1) is 10.1 Å². The summed E-state index contributed by atoms with van der Waals surface area (Å²) in [4.78, 5) is 11.6. The lowest BCUT2D eigenvalue weighted by atomic mass is 10.1. The normalized spacial score (nSPS) is 25.3. The quantitative estimate of drug-likeness (QED) is 0.769. The standard InChI is InChI=1S/C13H16O4S/c1-10-9-12(7-8-13(14)17-10)18(15,16)11-5-3-2-4-6-11/h2-6,10,12H,7-9H2,1H3. The number of ether oxygens (including phenoxy) is 1. The zero-order chi connectivity index (χ0) is 13.2. The van der Waals surface area contributed by atoms with E-state index in [1.54, 1.807) is 37.3 Å². The van der Waals surface area contributed by atoms with Crippen LogP contribution in [0, 0.1) is 0 Å². The molecule has 2 unspecified atom stereocenters. The molecule has 0 N–H and O–H groups in total. The van der Waals surface area contributed by atoms with E-state index >= 15 is 0 Å². The Morgan fingerprint density at radius 3 is 2.56 bits per heavy atom. The van der Waals surface area contributed by atoms with Gasteiger partial charge in [0.25, 0.3) is 0 Å². The zero-order valence-electron chi connectivity index (χ0n) is 10.2. The fourth-order valence-corrected chi connectivity index (χ4v) is 4.06. The first-order valence-corrected chi connectivity index (χ1v) is 7.53. The van der Waals surface area contributed by atoms with Gasteiger partial charge in [-0.25, -0.2) is 8.42 Å². The first-order chi connectivity index (χ1) is 8.50. The topological polar surface area (TPSA) is 60.4 Å². The number of hydrogen-bond donors (Lipinski definition) is 0. The Morgan fingerprint density at radius 2 is 1.89 bits per heavy atom. The molecule has 0 spiro atoms. The molecule has 0 aliphatic carbocycles. The van der Waals surface area contributed by atoms with E-state index in [-0.39, 0.29) is 18.5 Å². The molecule has 2 rings (SSSR count). The van der Waals surface area contributed by atoms with Crippen molar-refractivity contribution < 1.29 is 17.9 Å². The number of hydrogen-bond acceptors (Lipinski definition) is 4. The molecule has 2 atom stereocenters. The van der Waals surface area contributed by atoms with Gasteiger partial charge < -0.3 is 4.74 Å². The van der Waals surface area contributed by atoms with Crippen molar-refractivity contribution in [2.75, 3.05) is 0 Å². The largest absolute Gasteiger partial charge is 0.463 e. The van der Waals surface area contributed by atoms with Gasteiger partial charge in [0.15, 0.2) is 9.84 Å². The summed E-state index contributed by atoms with van der Waals surface area (Å²) in [6.45, 7) is 1.73. The van der Waals surface area contributed by atoms with E-state index in [1.807, 2.05) is 0 Å². The highest BCUT2D eigenvalue weighted by Gasteiger charge is 2.32. The number of cyclic esters (lactones) is 1. The van der Waals surface area contributed by atoms with Crippen LogP contribution in [-0.2, 0) is 19.4 Å². The first-order valence-electron chi connectivity index (χ1n) is 5.98. The van der Waals surface area contributed by atoms with E-state index in [4.69, 9.17) is 4.74 Å². The molecule has 18 heavy (non-hydrogen) atoms. The average Bonchev–Trinajstić information content (AvgIpc) is 2.51. The van der Waals surface area contributed by atoms with Crippen LogP contribution < -0.4 is 0 Å². The number of sulfone groups is 1. The Morgan fingerprint density at radius 1 is 1.22 bits per heavy atom. The molecule has 1 aromatic rings. The maximum atomic E-state index is 12.4. The molecule has 98 valence electrons. The van der Waals surface area contributed by atoms with Crippen LogP contribution in [0.2, 0.25) is 0 Å². The monoisotopic (exact) mass is 268 g/mol. The molecule has 1 fully saturated rings. The first kappa shape index (κ1) is 13.1. The van der Waals surface area contributed by atoms with Crippen LogP contribution in [0.1, 0.15) is 26.2 Å². The summed E-state index contributed by atoms with van der Waals surface area (Å²) in [5.74, 6) is -0.312. The van der Waals surface area contributed by atoms with Crippen LogP contribution in [0.15, 0.2) is 35.2 Å². The molecular weight excluding hydrogens is 252 g/mol. The van der Waals surface area contributed by atoms with Crippen LogP contribution in [0.3, 0.4) is 0 Å². The van der Waals surface area contributed by atoms with Crippen molar-refractivity contribution in [1.82, 2.24) is 0 Å². The number of carbonyl (C=O) groups excluding carboxylic acids is 1. The number of rotatable bonds is 2. The molecule has 5 heteroatoms. The van der Waals surface area contributed by atoms with Gasteiger partial charge >= 0.3 is 5.97 Å². The summed E-state index contributed by atoms with van der Waals surface area (Å²) in [7, 11) is -3.37. The van der Waals surface area contributed by atoms with Crippen molar-refractivity contribution in [3.05, 3.63) is 30.3 Å². The lowest BCUT2D eigenvalue weighted by Gasteiger charge is -2.16. The van der Waals surface area contributed by atoms with E-state index < -0.39 is 15.1 Å². The minimum atomic E-state index is -3.37. The van der Waals surface area contributed by atoms with Gasteiger partial charge in [0.1, 0.15) is 6.10 Å². The third kappa shape index (κ3) is 2.72. The molecule has 0 saturated carbocycles.